The molecule has 0 saturated heterocycles. The molecule has 0 aliphatic carbocycles. The maximum absolute atomic E-state index is 13.8. The minimum Gasteiger partial charge on any atom is -0.330 e. The molecule has 1 amide bonds. The molecule has 2 rings (SSSR count). The fraction of sp³-hybridized carbons (Fsp3) is 0.125. The molecule has 21 heavy (non-hydrogen) atoms. The van der Waals surface area contributed by atoms with E-state index in [0.717, 1.165) is 11.6 Å². The highest BCUT2D eigenvalue weighted by Gasteiger charge is 2.13. The van der Waals surface area contributed by atoms with Gasteiger partial charge in [-0.05, 0) is 42.8 Å². The van der Waals surface area contributed by atoms with Gasteiger partial charge in [-0.2, -0.15) is 5.26 Å². The average molecular weight is 283 g/mol. The first-order chi connectivity index (χ1) is 10.2. The van der Waals surface area contributed by atoms with E-state index >= 15 is 0 Å². The molecule has 2 aromatic carbocycles. The van der Waals surface area contributed by atoms with Crippen LogP contribution in [-0.2, 0) is 6.42 Å². The number of anilines is 1. The molecular formula is C16H14FN3O. The van der Waals surface area contributed by atoms with Gasteiger partial charge in [-0.25, -0.2) is 4.39 Å². The smallest absolute Gasteiger partial charge is 0.256 e. The van der Waals surface area contributed by atoms with E-state index in [2.05, 4.69) is 5.32 Å². The van der Waals surface area contributed by atoms with Crippen LogP contribution in [0.15, 0.2) is 42.5 Å². The number of halogens is 1. The van der Waals surface area contributed by atoms with E-state index in [-0.39, 0.29) is 11.3 Å². The van der Waals surface area contributed by atoms with E-state index in [4.69, 9.17) is 11.0 Å². The van der Waals surface area contributed by atoms with Gasteiger partial charge in [-0.1, -0.05) is 18.2 Å². The number of benzene rings is 2. The molecular weight excluding hydrogens is 269 g/mol. The molecule has 3 N–H and O–H groups in total. The summed E-state index contributed by atoms with van der Waals surface area (Å²) in [5, 5.41) is 11.2. The van der Waals surface area contributed by atoms with Crippen molar-refractivity contribution in [2.75, 3.05) is 11.9 Å². The predicted octanol–water partition coefficient (Wildman–Crippen LogP) is 2.45. The Labute approximate surface area is 122 Å². The Morgan fingerprint density at radius 2 is 2.05 bits per heavy atom. The lowest BCUT2D eigenvalue weighted by atomic mass is 10.0. The lowest BCUT2D eigenvalue weighted by molar-refractivity contribution is 0.102. The second-order valence-corrected chi connectivity index (χ2v) is 4.46. The van der Waals surface area contributed by atoms with Crippen LogP contribution in [0.4, 0.5) is 10.1 Å². The molecule has 0 spiro atoms. The van der Waals surface area contributed by atoms with Crippen molar-refractivity contribution in [2.45, 2.75) is 6.42 Å². The van der Waals surface area contributed by atoms with Crippen molar-refractivity contribution in [1.29, 1.82) is 5.26 Å². The lowest BCUT2D eigenvalue weighted by Gasteiger charge is -2.10. The maximum Gasteiger partial charge on any atom is 0.256 e. The van der Waals surface area contributed by atoms with Crippen LogP contribution in [0, 0.1) is 17.1 Å². The van der Waals surface area contributed by atoms with Gasteiger partial charge in [0.1, 0.15) is 5.82 Å². The summed E-state index contributed by atoms with van der Waals surface area (Å²) in [6.45, 7) is 0.426. The van der Waals surface area contributed by atoms with Gasteiger partial charge in [0.15, 0.2) is 0 Å². The largest absolute Gasteiger partial charge is 0.330 e. The van der Waals surface area contributed by atoms with E-state index < -0.39 is 11.7 Å². The number of nitrogens with one attached hydrogen (secondary N) is 1. The number of carbonyl (C=O) groups is 1. The highest BCUT2D eigenvalue weighted by Crippen LogP contribution is 2.18. The summed E-state index contributed by atoms with van der Waals surface area (Å²) in [5.41, 5.74) is 7.04. The zero-order valence-electron chi connectivity index (χ0n) is 11.3. The van der Waals surface area contributed by atoms with Gasteiger partial charge in [-0.3, -0.25) is 4.79 Å². The molecule has 5 heteroatoms. The molecule has 0 saturated carbocycles. The third kappa shape index (κ3) is 3.44. The first-order valence-electron chi connectivity index (χ1n) is 6.44. The predicted molar refractivity (Wildman–Crippen MR) is 78.3 cm³/mol. The highest BCUT2D eigenvalue weighted by atomic mass is 19.1. The van der Waals surface area contributed by atoms with E-state index in [9.17, 15) is 9.18 Å². The minimum atomic E-state index is -0.640. The number of hydrogen-bond donors (Lipinski definition) is 2. The first kappa shape index (κ1) is 14.7. The third-order valence-corrected chi connectivity index (χ3v) is 3.02. The highest BCUT2D eigenvalue weighted by molar-refractivity contribution is 6.05. The minimum absolute atomic E-state index is 0.0431. The molecule has 106 valence electrons. The van der Waals surface area contributed by atoms with Crippen LogP contribution in [0.2, 0.25) is 0 Å². The second-order valence-electron chi connectivity index (χ2n) is 4.46. The topological polar surface area (TPSA) is 78.9 Å². The Bertz CT molecular complexity index is 707. The maximum atomic E-state index is 13.8. The van der Waals surface area contributed by atoms with Gasteiger partial charge < -0.3 is 11.1 Å². The van der Waals surface area contributed by atoms with Crippen molar-refractivity contribution in [3.05, 3.63) is 65.0 Å². The van der Waals surface area contributed by atoms with Gasteiger partial charge in [0.2, 0.25) is 0 Å². The van der Waals surface area contributed by atoms with Crippen molar-refractivity contribution in [2.24, 2.45) is 5.73 Å². The van der Waals surface area contributed by atoms with E-state index in [0.29, 0.717) is 18.5 Å². The van der Waals surface area contributed by atoms with E-state index in [1.54, 1.807) is 12.1 Å². The van der Waals surface area contributed by atoms with Crippen molar-refractivity contribution in [1.82, 2.24) is 0 Å². The number of nitriles is 1. The molecule has 0 bridgehead atoms. The Kier molecular flexibility index (Phi) is 4.64. The zero-order chi connectivity index (χ0) is 15.2. The Balaban J connectivity index is 2.24. The number of hydrogen-bond acceptors (Lipinski definition) is 3. The van der Waals surface area contributed by atoms with Crippen LogP contribution in [0.25, 0.3) is 0 Å². The SMILES string of the molecule is N#Cc1ccc(NC(=O)c2ccccc2CCN)c(F)c1. The summed E-state index contributed by atoms with van der Waals surface area (Å²) in [4.78, 5) is 12.2. The molecule has 0 aromatic heterocycles. The van der Waals surface area contributed by atoms with Crippen LogP contribution >= 0.6 is 0 Å². The lowest BCUT2D eigenvalue weighted by Crippen LogP contribution is -2.16. The number of nitrogens with two attached hydrogens (primary N) is 1. The van der Waals surface area contributed by atoms with Crippen molar-refractivity contribution < 1.29 is 9.18 Å². The molecule has 0 aliphatic heterocycles. The van der Waals surface area contributed by atoms with Gasteiger partial charge in [0, 0.05) is 5.56 Å². The molecule has 0 unspecified atom stereocenters. The Morgan fingerprint density at radius 3 is 2.71 bits per heavy atom. The second kappa shape index (κ2) is 6.64. The fourth-order valence-corrected chi connectivity index (χ4v) is 1.99. The summed E-state index contributed by atoms with van der Waals surface area (Å²) < 4.78 is 13.8. The molecule has 0 heterocycles. The van der Waals surface area contributed by atoms with E-state index in [1.165, 1.54) is 12.1 Å². The molecule has 0 atom stereocenters. The standard InChI is InChI=1S/C16H14FN3O/c17-14-9-11(10-19)5-6-15(14)20-16(21)13-4-2-1-3-12(13)7-8-18/h1-6,9H,7-8,18H2,(H,20,21). The van der Waals surface area contributed by atoms with Gasteiger partial charge >= 0.3 is 0 Å². The monoisotopic (exact) mass is 283 g/mol. The third-order valence-electron chi connectivity index (χ3n) is 3.02. The summed E-state index contributed by atoms with van der Waals surface area (Å²) in [5.74, 6) is -1.04. The molecule has 0 radical (unpaired) electrons. The number of carbonyl (C=O) groups excluding carboxylic acids is 1. The van der Waals surface area contributed by atoms with Crippen LogP contribution in [0.5, 0.6) is 0 Å². The summed E-state index contributed by atoms with van der Waals surface area (Å²) in [6.07, 6.45) is 0.569. The normalized spacial score (nSPS) is 9.95. The van der Waals surface area contributed by atoms with Crippen LogP contribution in [-0.4, -0.2) is 12.5 Å². The fourth-order valence-electron chi connectivity index (χ4n) is 1.99. The quantitative estimate of drug-likeness (QED) is 0.904. The average Bonchev–Trinajstić information content (AvgIpc) is 2.50. The number of rotatable bonds is 4. The van der Waals surface area contributed by atoms with Gasteiger partial charge in [0.05, 0.1) is 17.3 Å². The number of nitrogens with zero attached hydrogens (tertiary/aromatic N) is 1. The molecule has 0 fully saturated rings. The van der Waals surface area contributed by atoms with Crippen LogP contribution < -0.4 is 11.1 Å². The van der Waals surface area contributed by atoms with Crippen molar-refractivity contribution >= 4 is 11.6 Å². The van der Waals surface area contributed by atoms with Crippen LogP contribution in [0.1, 0.15) is 21.5 Å². The summed E-state index contributed by atoms with van der Waals surface area (Å²) >= 11 is 0. The summed E-state index contributed by atoms with van der Waals surface area (Å²) in [6, 6.07) is 12.8. The van der Waals surface area contributed by atoms with Crippen LogP contribution in [0.3, 0.4) is 0 Å². The van der Waals surface area contributed by atoms with Crippen molar-refractivity contribution in [3.63, 3.8) is 0 Å². The zero-order valence-corrected chi connectivity index (χ0v) is 11.3. The van der Waals surface area contributed by atoms with E-state index in [1.807, 2.05) is 18.2 Å². The van der Waals surface area contributed by atoms with Gasteiger partial charge in [0.25, 0.3) is 5.91 Å². The number of amides is 1. The molecule has 0 aliphatic rings. The summed E-state index contributed by atoms with van der Waals surface area (Å²) in [7, 11) is 0. The molecule has 2 aromatic rings. The Morgan fingerprint density at radius 1 is 1.29 bits per heavy atom. The Hall–Kier alpha value is -2.71. The van der Waals surface area contributed by atoms with Crippen molar-refractivity contribution in [3.8, 4) is 6.07 Å². The molecule has 4 nitrogen and oxygen atoms in total. The first-order valence-corrected chi connectivity index (χ1v) is 6.44. The van der Waals surface area contributed by atoms with Gasteiger partial charge in [-0.15, -0.1) is 0 Å².